The van der Waals surface area contributed by atoms with Gasteiger partial charge in [0.05, 0.1) is 15.3 Å². The molecule has 0 atom stereocenters. The lowest BCUT2D eigenvalue weighted by molar-refractivity contribution is -0.118. The lowest BCUT2D eigenvalue weighted by Gasteiger charge is -2.24. The largest absolute Gasteiger partial charge is 0.302 e. The van der Waals surface area contributed by atoms with E-state index in [1.807, 2.05) is 13.8 Å². The van der Waals surface area contributed by atoms with E-state index in [0.717, 1.165) is 25.2 Å². The molecule has 0 spiro atoms. The van der Waals surface area contributed by atoms with E-state index < -0.39 is 21.5 Å². The molecule has 3 rings (SSSR count). The fraction of sp³-hybridized carbons (Fsp3) is 0.391. The number of likely N-dealkylation sites (N-methyl/N-ethyl adjacent to an activating group) is 1. The summed E-state index contributed by atoms with van der Waals surface area (Å²) in [7, 11) is -3.63. The molecule has 0 fully saturated rings. The van der Waals surface area contributed by atoms with Gasteiger partial charge in [0.1, 0.15) is 17.2 Å². The van der Waals surface area contributed by atoms with Crippen LogP contribution in [0, 0.1) is 11.6 Å². The number of anilines is 1. The van der Waals surface area contributed by atoms with E-state index in [-0.39, 0.29) is 34.9 Å². The number of amides is 1. The van der Waals surface area contributed by atoms with Gasteiger partial charge in [-0.25, -0.2) is 22.2 Å². The smallest absolute Gasteiger partial charge is 0.228 e. The average Bonchev–Trinajstić information content (AvgIpc) is 3.22. The number of hydrogen-bond acceptors (Lipinski definition) is 6. The number of hydrogen-bond donors (Lipinski definition) is 0. The summed E-state index contributed by atoms with van der Waals surface area (Å²) in [6.45, 7) is 6.69. The summed E-state index contributed by atoms with van der Waals surface area (Å²) >= 11 is 1.23. The number of carbonyl (C=O) groups excluding carboxylic acids is 1. The minimum atomic E-state index is -3.63. The first-order valence-electron chi connectivity index (χ1n) is 10.8. The molecule has 2 aromatic carbocycles. The van der Waals surface area contributed by atoms with Gasteiger partial charge in [-0.3, -0.25) is 9.69 Å². The number of nitrogens with zero attached hydrogens (tertiary/aromatic N) is 3. The molecule has 6 nitrogen and oxygen atoms in total. The molecule has 0 unspecified atom stereocenters. The van der Waals surface area contributed by atoms with Gasteiger partial charge in [-0.15, -0.1) is 0 Å². The number of carbonyl (C=O) groups is 1. The van der Waals surface area contributed by atoms with Crippen molar-refractivity contribution in [3.05, 3.63) is 54.1 Å². The number of halogens is 2. The molecular formula is C23H27F2N3O3S2. The quantitative estimate of drug-likeness (QED) is 0.366. The molecule has 0 bridgehead atoms. The predicted molar refractivity (Wildman–Crippen MR) is 127 cm³/mol. The van der Waals surface area contributed by atoms with Gasteiger partial charge in [0, 0.05) is 19.5 Å². The number of para-hydroxylation sites is 1. The first-order chi connectivity index (χ1) is 15.7. The van der Waals surface area contributed by atoms with Crippen LogP contribution in [0.4, 0.5) is 13.9 Å². The Bertz CT molecular complexity index is 1190. The van der Waals surface area contributed by atoms with Gasteiger partial charge >= 0.3 is 0 Å². The van der Waals surface area contributed by atoms with Gasteiger partial charge in [-0.2, -0.15) is 0 Å². The predicted octanol–water partition coefficient (Wildman–Crippen LogP) is 4.50. The van der Waals surface area contributed by atoms with E-state index in [4.69, 9.17) is 0 Å². The van der Waals surface area contributed by atoms with Crippen LogP contribution in [0.2, 0.25) is 0 Å². The van der Waals surface area contributed by atoms with Crippen molar-refractivity contribution in [2.45, 2.75) is 31.6 Å². The van der Waals surface area contributed by atoms with Gasteiger partial charge in [0.2, 0.25) is 5.91 Å². The van der Waals surface area contributed by atoms with Crippen molar-refractivity contribution in [2.24, 2.45) is 0 Å². The summed E-state index contributed by atoms with van der Waals surface area (Å²) < 4.78 is 52.9. The Hall–Kier alpha value is -2.43. The third-order valence-corrected chi connectivity index (χ3v) is 8.26. The van der Waals surface area contributed by atoms with Gasteiger partial charge in [-0.1, -0.05) is 31.3 Å². The number of fused-ring (bicyclic) bond motifs is 1. The number of rotatable bonds is 11. The Labute approximate surface area is 196 Å². The standard InChI is InChI=1S/C23H27F2N3O3S2/c1-3-27(4-2)14-15-28(23-26-22-19(25)7-5-8-20(22)32-23)21(29)9-6-16-33(30,31)18-12-10-17(24)11-13-18/h5,7-8,10-13H,3-4,6,9,14-16H2,1-2H3. The van der Waals surface area contributed by atoms with Gasteiger partial charge < -0.3 is 4.90 Å². The lowest BCUT2D eigenvalue weighted by Crippen LogP contribution is -2.38. The maximum Gasteiger partial charge on any atom is 0.228 e. The van der Waals surface area contributed by atoms with Crippen molar-refractivity contribution in [3.8, 4) is 0 Å². The maximum absolute atomic E-state index is 14.1. The van der Waals surface area contributed by atoms with Crippen LogP contribution in [0.15, 0.2) is 47.4 Å². The first-order valence-corrected chi connectivity index (χ1v) is 13.3. The van der Waals surface area contributed by atoms with Crippen molar-refractivity contribution in [1.82, 2.24) is 9.88 Å². The van der Waals surface area contributed by atoms with E-state index in [9.17, 15) is 22.0 Å². The summed E-state index contributed by atoms with van der Waals surface area (Å²) in [5.74, 6) is -1.46. The highest BCUT2D eigenvalue weighted by Gasteiger charge is 2.22. The Morgan fingerprint density at radius 1 is 1.03 bits per heavy atom. The van der Waals surface area contributed by atoms with Crippen LogP contribution in [0.3, 0.4) is 0 Å². The Morgan fingerprint density at radius 3 is 2.36 bits per heavy atom. The molecule has 0 aliphatic heterocycles. The molecule has 0 saturated heterocycles. The third kappa shape index (κ3) is 6.33. The summed E-state index contributed by atoms with van der Waals surface area (Å²) in [6.07, 6.45) is 0.108. The molecule has 33 heavy (non-hydrogen) atoms. The van der Waals surface area contributed by atoms with E-state index in [0.29, 0.717) is 22.9 Å². The first kappa shape index (κ1) is 25.2. The van der Waals surface area contributed by atoms with E-state index in [1.165, 1.54) is 34.4 Å². The molecule has 3 aromatic rings. The highest BCUT2D eigenvalue weighted by atomic mass is 32.2. The number of benzene rings is 2. The molecule has 0 saturated carbocycles. The van der Waals surface area contributed by atoms with E-state index in [1.54, 1.807) is 12.1 Å². The molecular weight excluding hydrogens is 468 g/mol. The highest BCUT2D eigenvalue weighted by molar-refractivity contribution is 7.91. The van der Waals surface area contributed by atoms with Crippen LogP contribution in [0.5, 0.6) is 0 Å². The van der Waals surface area contributed by atoms with E-state index >= 15 is 0 Å². The molecule has 178 valence electrons. The molecule has 0 radical (unpaired) electrons. The second kappa shape index (κ2) is 11.1. The van der Waals surface area contributed by atoms with Crippen LogP contribution in [-0.2, 0) is 14.6 Å². The van der Waals surface area contributed by atoms with E-state index in [2.05, 4.69) is 9.88 Å². The summed E-state index contributed by atoms with van der Waals surface area (Å²) in [6, 6.07) is 9.31. The lowest BCUT2D eigenvalue weighted by atomic mass is 10.3. The topological polar surface area (TPSA) is 70.6 Å². The van der Waals surface area contributed by atoms with Crippen LogP contribution in [0.25, 0.3) is 10.2 Å². The molecule has 0 aliphatic rings. The monoisotopic (exact) mass is 495 g/mol. The number of sulfone groups is 1. The van der Waals surface area contributed by atoms with Gasteiger partial charge in [0.25, 0.3) is 0 Å². The number of aromatic nitrogens is 1. The fourth-order valence-electron chi connectivity index (χ4n) is 3.44. The Kier molecular flexibility index (Phi) is 8.50. The average molecular weight is 496 g/mol. The SMILES string of the molecule is CCN(CC)CCN(C(=O)CCCS(=O)(=O)c1ccc(F)cc1)c1nc2c(F)cccc2s1. The van der Waals surface area contributed by atoms with Crippen LogP contribution < -0.4 is 4.90 Å². The minimum absolute atomic E-state index is 0.00289. The summed E-state index contributed by atoms with van der Waals surface area (Å²) in [4.78, 5) is 21.2. The van der Waals surface area contributed by atoms with Gasteiger partial charge in [-0.05, 0) is 55.9 Å². The Balaban J connectivity index is 1.74. The molecule has 1 amide bonds. The second-order valence-corrected chi connectivity index (χ2v) is 10.6. The summed E-state index contributed by atoms with van der Waals surface area (Å²) in [5, 5.41) is 0.397. The van der Waals surface area contributed by atoms with Crippen molar-refractivity contribution in [2.75, 3.05) is 36.8 Å². The maximum atomic E-state index is 14.1. The molecule has 1 heterocycles. The normalized spacial score (nSPS) is 11.9. The zero-order chi connectivity index (χ0) is 24.0. The minimum Gasteiger partial charge on any atom is -0.302 e. The Morgan fingerprint density at radius 2 is 1.73 bits per heavy atom. The zero-order valence-electron chi connectivity index (χ0n) is 18.6. The highest BCUT2D eigenvalue weighted by Crippen LogP contribution is 2.30. The van der Waals surface area contributed by atoms with Crippen molar-refractivity contribution in [1.29, 1.82) is 0 Å². The summed E-state index contributed by atoms with van der Waals surface area (Å²) in [5.41, 5.74) is 0.219. The molecule has 0 N–H and O–H groups in total. The van der Waals surface area contributed by atoms with Crippen LogP contribution >= 0.6 is 11.3 Å². The van der Waals surface area contributed by atoms with Crippen molar-refractivity contribution >= 4 is 42.4 Å². The third-order valence-electron chi connectivity index (χ3n) is 5.40. The zero-order valence-corrected chi connectivity index (χ0v) is 20.3. The van der Waals surface area contributed by atoms with Crippen molar-refractivity contribution < 1.29 is 22.0 Å². The molecule has 1 aromatic heterocycles. The van der Waals surface area contributed by atoms with Crippen LogP contribution in [0.1, 0.15) is 26.7 Å². The van der Waals surface area contributed by atoms with Crippen LogP contribution in [-0.4, -0.2) is 56.1 Å². The van der Waals surface area contributed by atoms with Gasteiger partial charge in [0.15, 0.2) is 15.0 Å². The second-order valence-electron chi connectivity index (χ2n) is 7.53. The molecule has 0 aliphatic carbocycles. The molecule has 10 heteroatoms. The number of thiazole rings is 1. The van der Waals surface area contributed by atoms with Crippen molar-refractivity contribution in [3.63, 3.8) is 0 Å². The fourth-order valence-corrected chi connectivity index (χ4v) is 5.77.